The Morgan fingerprint density at radius 2 is 2.43 bits per heavy atom. The summed E-state index contributed by atoms with van der Waals surface area (Å²) in [5, 5.41) is 3.33. The van der Waals surface area contributed by atoms with Crippen LogP contribution in [0.5, 0.6) is 0 Å². The SMILES string of the molecule is COC(=O)CC(C)N1CCNCC1C. The van der Waals surface area contributed by atoms with E-state index in [0.29, 0.717) is 12.5 Å². The van der Waals surface area contributed by atoms with Crippen molar-refractivity contribution in [2.45, 2.75) is 32.4 Å². The second kappa shape index (κ2) is 5.32. The van der Waals surface area contributed by atoms with Gasteiger partial charge in [0.1, 0.15) is 0 Å². The molecule has 1 fully saturated rings. The summed E-state index contributed by atoms with van der Waals surface area (Å²) >= 11 is 0. The predicted octanol–water partition coefficient (Wildman–Crippen LogP) is 0.232. The Balaban J connectivity index is 2.41. The first-order valence-electron chi connectivity index (χ1n) is 5.18. The molecule has 0 saturated carbocycles. The molecular weight excluding hydrogens is 180 g/mol. The van der Waals surface area contributed by atoms with Crippen molar-refractivity contribution in [3.05, 3.63) is 0 Å². The van der Waals surface area contributed by atoms with Crippen molar-refractivity contribution in [2.24, 2.45) is 0 Å². The van der Waals surface area contributed by atoms with Crippen molar-refractivity contribution >= 4 is 5.97 Å². The minimum atomic E-state index is -0.122. The number of nitrogens with one attached hydrogen (secondary N) is 1. The Morgan fingerprint density at radius 1 is 1.71 bits per heavy atom. The van der Waals surface area contributed by atoms with Crippen molar-refractivity contribution in [3.8, 4) is 0 Å². The van der Waals surface area contributed by atoms with Gasteiger partial charge in [-0.2, -0.15) is 0 Å². The van der Waals surface area contributed by atoms with Crippen LogP contribution in [-0.2, 0) is 9.53 Å². The average molecular weight is 200 g/mol. The zero-order valence-electron chi connectivity index (χ0n) is 9.25. The molecule has 1 aliphatic rings. The summed E-state index contributed by atoms with van der Waals surface area (Å²) in [6.45, 7) is 7.29. The molecule has 1 rings (SSSR count). The van der Waals surface area contributed by atoms with Crippen LogP contribution < -0.4 is 5.32 Å². The lowest BCUT2D eigenvalue weighted by Crippen LogP contribution is -2.53. The molecule has 0 aromatic rings. The average Bonchev–Trinajstić information content (AvgIpc) is 2.18. The van der Waals surface area contributed by atoms with E-state index in [0.717, 1.165) is 19.6 Å². The summed E-state index contributed by atoms with van der Waals surface area (Å²) in [5.74, 6) is -0.122. The standard InChI is InChI=1S/C10H20N2O2/c1-8(6-10(13)14-3)12-5-4-11-7-9(12)2/h8-9,11H,4-7H2,1-3H3. The number of methoxy groups -OCH3 is 1. The van der Waals surface area contributed by atoms with E-state index >= 15 is 0 Å². The highest BCUT2D eigenvalue weighted by Gasteiger charge is 2.24. The van der Waals surface area contributed by atoms with Gasteiger partial charge in [0.2, 0.25) is 0 Å². The summed E-state index contributed by atoms with van der Waals surface area (Å²) < 4.78 is 4.67. The van der Waals surface area contributed by atoms with E-state index in [2.05, 4.69) is 28.8 Å². The topological polar surface area (TPSA) is 41.6 Å². The molecule has 0 spiro atoms. The number of hydrogen-bond donors (Lipinski definition) is 1. The third-order valence-electron chi connectivity index (χ3n) is 2.81. The molecule has 1 aliphatic heterocycles. The van der Waals surface area contributed by atoms with Crippen LogP contribution in [0.4, 0.5) is 0 Å². The van der Waals surface area contributed by atoms with Crippen molar-refractivity contribution in [2.75, 3.05) is 26.7 Å². The Hall–Kier alpha value is -0.610. The fourth-order valence-corrected chi connectivity index (χ4v) is 1.95. The molecule has 4 nitrogen and oxygen atoms in total. The molecule has 14 heavy (non-hydrogen) atoms. The third-order valence-corrected chi connectivity index (χ3v) is 2.81. The summed E-state index contributed by atoms with van der Waals surface area (Å²) in [6, 6.07) is 0.781. The smallest absolute Gasteiger partial charge is 0.307 e. The maximum absolute atomic E-state index is 11.1. The summed E-state index contributed by atoms with van der Waals surface area (Å²) in [6.07, 6.45) is 0.487. The zero-order chi connectivity index (χ0) is 10.6. The predicted molar refractivity (Wildman–Crippen MR) is 55.1 cm³/mol. The molecule has 0 bridgehead atoms. The number of ether oxygens (including phenoxy) is 1. The lowest BCUT2D eigenvalue weighted by Gasteiger charge is -2.38. The van der Waals surface area contributed by atoms with Gasteiger partial charge in [0, 0.05) is 31.7 Å². The molecule has 1 heterocycles. The highest BCUT2D eigenvalue weighted by atomic mass is 16.5. The molecule has 0 aromatic heterocycles. The largest absolute Gasteiger partial charge is 0.469 e. The second-order valence-electron chi connectivity index (χ2n) is 3.92. The first kappa shape index (κ1) is 11.5. The Kier molecular flexibility index (Phi) is 4.35. The van der Waals surface area contributed by atoms with E-state index in [9.17, 15) is 4.79 Å². The fraction of sp³-hybridized carbons (Fsp3) is 0.900. The van der Waals surface area contributed by atoms with Gasteiger partial charge in [-0.1, -0.05) is 0 Å². The first-order chi connectivity index (χ1) is 6.65. The molecule has 1 saturated heterocycles. The quantitative estimate of drug-likeness (QED) is 0.662. The van der Waals surface area contributed by atoms with Gasteiger partial charge >= 0.3 is 5.97 Å². The van der Waals surface area contributed by atoms with Crippen LogP contribution in [-0.4, -0.2) is 49.7 Å². The molecule has 2 atom stereocenters. The monoisotopic (exact) mass is 200 g/mol. The van der Waals surface area contributed by atoms with Gasteiger partial charge in [-0.05, 0) is 13.8 Å². The van der Waals surface area contributed by atoms with E-state index < -0.39 is 0 Å². The Labute approximate surface area is 85.6 Å². The lowest BCUT2D eigenvalue weighted by atomic mass is 10.1. The van der Waals surface area contributed by atoms with Crippen LogP contribution in [0, 0.1) is 0 Å². The van der Waals surface area contributed by atoms with E-state index in [1.807, 2.05) is 0 Å². The molecule has 82 valence electrons. The molecule has 1 N–H and O–H groups in total. The summed E-state index contributed by atoms with van der Waals surface area (Å²) in [5.41, 5.74) is 0. The van der Waals surface area contributed by atoms with Gasteiger partial charge < -0.3 is 10.1 Å². The maximum atomic E-state index is 11.1. The van der Waals surface area contributed by atoms with Crippen LogP contribution in [0.1, 0.15) is 20.3 Å². The zero-order valence-corrected chi connectivity index (χ0v) is 9.25. The molecule has 2 unspecified atom stereocenters. The fourth-order valence-electron chi connectivity index (χ4n) is 1.95. The molecular formula is C10H20N2O2. The number of hydrogen-bond acceptors (Lipinski definition) is 4. The molecule has 0 amide bonds. The summed E-state index contributed by atoms with van der Waals surface area (Å²) in [4.78, 5) is 13.5. The van der Waals surface area contributed by atoms with E-state index in [-0.39, 0.29) is 12.0 Å². The van der Waals surface area contributed by atoms with Crippen molar-refractivity contribution < 1.29 is 9.53 Å². The van der Waals surface area contributed by atoms with Crippen molar-refractivity contribution in [1.82, 2.24) is 10.2 Å². The Bertz CT molecular complexity index is 197. The van der Waals surface area contributed by atoms with Crippen LogP contribution >= 0.6 is 0 Å². The number of piperazine rings is 1. The third kappa shape index (κ3) is 2.96. The molecule has 0 aromatic carbocycles. The number of carbonyl (C=O) groups excluding carboxylic acids is 1. The van der Waals surface area contributed by atoms with Crippen LogP contribution in [0.3, 0.4) is 0 Å². The van der Waals surface area contributed by atoms with Gasteiger partial charge in [-0.25, -0.2) is 0 Å². The number of esters is 1. The van der Waals surface area contributed by atoms with Crippen molar-refractivity contribution in [3.63, 3.8) is 0 Å². The van der Waals surface area contributed by atoms with Gasteiger partial charge in [-0.3, -0.25) is 9.69 Å². The Morgan fingerprint density at radius 3 is 3.00 bits per heavy atom. The van der Waals surface area contributed by atoms with Crippen LogP contribution in [0.25, 0.3) is 0 Å². The summed E-state index contributed by atoms with van der Waals surface area (Å²) in [7, 11) is 1.44. The van der Waals surface area contributed by atoms with Gasteiger partial charge in [0.05, 0.1) is 13.5 Å². The van der Waals surface area contributed by atoms with E-state index in [1.165, 1.54) is 7.11 Å². The van der Waals surface area contributed by atoms with Crippen molar-refractivity contribution in [1.29, 1.82) is 0 Å². The minimum absolute atomic E-state index is 0.122. The number of nitrogens with zero attached hydrogens (tertiary/aromatic N) is 1. The van der Waals surface area contributed by atoms with Crippen LogP contribution in [0.2, 0.25) is 0 Å². The van der Waals surface area contributed by atoms with Gasteiger partial charge in [0.15, 0.2) is 0 Å². The molecule has 0 radical (unpaired) electrons. The maximum Gasteiger partial charge on any atom is 0.307 e. The molecule has 0 aliphatic carbocycles. The lowest BCUT2D eigenvalue weighted by molar-refractivity contribution is -0.142. The minimum Gasteiger partial charge on any atom is -0.469 e. The highest BCUT2D eigenvalue weighted by molar-refractivity contribution is 5.69. The number of rotatable bonds is 3. The van der Waals surface area contributed by atoms with Gasteiger partial charge in [-0.15, -0.1) is 0 Å². The van der Waals surface area contributed by atoms with E-state index in [4.69, 9.17) is 0 Å². The second-order valence-corrected chi connectivity index (χ2v) is 3.92. The van der Waals surface area contributed by atoms with Gasteiger partial charge in [0.25, 0.3) is 0 Å². The highest BCUT2D eigenvalue weighted by Crippen LogP contribution is 2.11. The number of carbonyl (C=O) groups is 1. The van der Waals surface area contributed by atoms with E-state index in [1.54, 1.807) is 0 Å². The molecule has 4 heteroatoms. The first-order valence-corrected chi connectivity index (χ1v) is 5.18. The van der Waals surface area contributed by atoms with Crippen LogP contribution in [0.15, 0.2) is 0 Å². The normalized spacial score (nSPS) is 25.8.